The van der Waals surface area contributed by atoms with Crippen LogP contribution in [0.4, 0.5) is 11.4 Å². The number of nitro benzene ring substituents is 1. The molecule has 0 radical (unpaired) electrons. The molecule has 1 N–H and O–H groups in total. The summed E-state index contributed by atoms with van der Waals surface area (Å²) in [5, 5.41) is 14.9. The van der Waals surface area contributed by atoms with Crippen molar-refractivity contribution in [3.63, 3.8) is 0 Å². The molecule has 0 bridgehead atoms. The molecule has 1 heterocycles. The number of hydrogen-bond donors (Lipinski definition) is 1. The van der Waals surface area contributed by atoms with Crippen LogP contribution in [0.5, 0.6) is 0 Å². The second-order valence-electron chi connectivity index (χ2n) is 4.72. The fourth-order valence-corrected chi connectivity index (χ4v) is 2.47. The SMILES string of the molecule is O=C(Nc1cccc2c(Cl)ccnc12)c1ccccc1[N+](=O)[O-]. The van der Waals surface area contributed by atoms with E-state index in [2.05, 4.69) is 10.3 Å². The van der Waals surface area contributed by atoms with Crippen LogP contribution in [0.25, 0.3) is 10.9 Å². The second kappa shape index (κ2) is 6.02. The lowest BCUT2D eigenvalue weighted by atomic mass is 10.1. The Morgan fingerprint density at radius 2 is 1.91 bits per heavy atom. The molecule has 2 aromatic carbocycles. The van der Waals surface area contributed by atoms with E-state index in [0.29, 0.717) is 21.6 Å². The van der Waals surface area contributed by atoms with Gasteiger partial charge in [0.15, 0.2) is 0 Å². The van der Waals surface area contributed by atoms with Crippen molar-refractivity contribution in [3.8, 4) is 0 Å². The Hall–Kier alpha value is -2.99. The Morgan fingerprint density at radius 1 is 1.13 bits per heavy atom. The molecule has 0 aliphatic heterocycles. The summed E-state index contributed by atoms with van der Waals surface area (Å²) < 4.78 is 0. The predicted octanol–water partition coefficient (Wildman–Crippen LogP) is 4.05. The van der Waals surface area contributed by atoms with Crippen molar-refractivity contribution in [3.05, 3.63) is 75.4 Å². The number of carbonyl (C=O) groups is 1. The molecule has 7 heteroatoms. The molecule has 0 saturated heterocycles. The Bertz CT molecular complexity index is 927. The predicted molar refractivity (Wildman–Crippen MR) is 87.8 cm³/mol. The number of carbonyl (C=O) groups excluding carboxylic acids is 1. The van der Waals surface area contributed by atoms with E-state index in [9.17, 15) is 14.9 Å². The number of aromatic nitrogens is 1. The van der Waals surface area contributed by atoms with Crippen LogP contribution in [-0.2, 0) is 0 Å². The van der Waals surface area contributed by atoms with E-state index in [0.717, 1.165) is 0 Å². The first-order valence-electron chi connectivity index (χ1n) is 6.66. The fraction of sp³-hybridized carbons (Fsp3) is 0. The number of nitrogens with zero attached hydrogens (tertiary/aromatic N) is 2. The highest BCUT2D eigenvalue weighted by molar-refractivity contribution is 6.35. The molecule has 114 valence electrons. The fourth-order valence-electron chi connectivity index (χ4n) is 2.26. The van der Waals surface area contributed by atoms with E-state index in [1.807, 2.05) is 0 Å². The molecule has 3 aromatic rings. The summed E-state index contributed by atoms with van der Waals surface area (Å²) in [4.78, 5) is 27.0. The molecule has 23 heavy (non-hydrogen) atoms. The van der Waals surface area contributed by atoms with Crippen molar-refractivity contribution in [1.82, 2.24) is 4.98 Å². The highest BCUT2D eigenvalue weighted by Crippen LogP contribution is 2.28. The summed E-state index contributed by atoms with van der Waals surface area (Å²) in [5.41, 5.74) is 0.688. The van der Waals surface area contributed by atoms with Gasteiger partial charge in [-0.25, -0.2) is 0 Å². The first-order chi connectivity index (χ1) is 11.1. The Balaban J connectivity index is 2.02. The van der Waals surface area contributed by atoms with Crippen LogP contribution in [0.1, 0.15) is 10.4 Å². The van der Waals surface area contributed by atoms with Gasteiger partial charge in [-0.3, -0.25) is 19.9 Å². The number of fused-ring (bicyclic) bond motifs is 1. The molecule has 0 fully saturated rings. The summed E-state index contributed by atoms with van der Waals surface area (Å²) in [6.45, 7) is 0. The van der Waals surface area contributed by atoms with Gasteiger partial charge >= 0.3 is 0 Å². The van der Waals surface area contributed by atoms with E-state index in [4.69, 9.17) is 11.6 Å². The topological polar surface area (TPSA) is 85.1 Å². The number of nitro groups is 1. The summed E-state index contributed by atoms with van der Waals surface area (Å²) in [7, 11) is 0. The molecule has 6 nitrogen and oxygen atoms in total. The Labute approximate surface area is 135 Å². The third-order valence-electron chi connectivity index (χ3n) is 3.31. The minimum atomic E-state index is -0.590. The van der Waals surface area contributed by atoms with Crippen molar-refractivity contribution >= 4 is 39.8 Å². The number of rotatable bonds is 3. The van der Waals surface area contributed by atoms with Gasteiger partial charge in [0.25, 0.3) is 11.6 Å². The van der Waals surface area contributed by atoms with E-state index in [1.165, 1.54) is 24.4 Å². The molecule has 0 saturated carbocycles. The highest BCUT2D eigenvalue weighted by Gasteiger charge is 2.20. The number of nitrogens with one attached hydrogen (secondary N) is 1. The standard InChI is InChI=1S/C16H10ClN3O3/c17-12-8-9-18-15-10(12)5-3-6-13(15)19-16(21)11-4-1-2-7-14(11)20(22)23/h1-9H,(H,19,21). The van der Waals surface area contributed by atoms with Gasteiger partial charge in [0.05, 0.1) is 21.2 Å². The normalized spacial score (nSPS) is 10.5. The lowest BCUT2D eigenvalue weighted by molar-refractivity contribution is -0.385. The zero-order valence-corrected chi connectivity index (χ0v) is 12.4. The van der Waals surface area contributed by atoms with Crippen LogP contribution >= 0.6 is 11.6 Å². The van der Waals surface area contributed by atoms with E-state index < -0.39 is 10.8 Å². The lowest BCUT2D eigenvalue weighted by Crippen LogP contribution is -2.14. The minimum absolute atomic E-state index is 0.0171. The zero-order chi connectivity index (χ0) is 16.4. The molecule has 0 aliphatic carbocycles. The van der Waals surface area contributed by atoms with Gasteiger partial charge in [0, 0.05) is 17.6 Å². The largest absolute Gasteiger partial charge is 0.320 e. The number of halogens is 1. The molecule has 0 atom stereocenters. The van der Waals surface area contributed by atoms with Crippen molar-refractivity contribution in [1.29, 1.82) is 0 Å². The average Bonchev–Trinajstić information content (AvgIpc) is 2.56. The summed E-state index contributed by atoms with van der Waals surface area (Å²) in [6.07, 6.45) is 1.53. The molecule has 0 unspecified atom stereocenters. The van der Waals surface area contributed by atoms with Gasteiger partial charge in [-0.15, -0.1) is 0 Å². The summed E-state index contributed by atoms with van der Waals surface area (Å²) in [5.74, 6) is -0.577. The van der Waals surface area contributed by atoms with Gasteiger partial charge in [-0.1, -0.05) is 35.9 Å². The van der Waals surface area contributed by atoms with Crippen LogP contribution < -0.4 is 5.32 Å². The van der Waals surface area contributed by atoms with Crippen molar-refractivity contribution in [2.24, 2.45) is 0 Å². The maximum atomic E-state index is 12.4. The Morgan fingerprint density at radius 3 is 2.70 bits per heavy atom. The molecular formula is C16H10ClN3O3. The monoisotopic (exact) mass is 327 g/mol. The smallest absolute Gasteiger partial charge is 0.282 e. The average molecular weight is 328 g/mol. The summed E-state index contributed by atoms with van der Waals surface area (Å²) in [6, 6.07) is 12.6. The second-order valence-corrected chi connectivity index (χ2v) is 5.13. The Kier molecular flexibility index (Phi) is 3.91. The van der Waals surface area contributed by atoms with Crippen molar-refractivity contribution in [2.45, 2.75) is 0 Å². The van der Waals surface area contributed by atoms with E-state index in [1.54, 1.807) is 30.3 Å². The third kappa shape index (κ3) is 2.84. The summed E-state index contributed by atoms with van der Waals surface area (Å²) >= 11 is 6.11. The number of hydrogen-bond acceptors (Lipinski definition) is 4. The highest BCUT2D eigenvalue weighted by atomic mass is 35.5. The molecule has 3 rings (SSSR count). The van der Waals surface area contributed by atoms with Gasteiger partial charge in [-0.05, 0) is 18.2 Å². The number of para-hydroxylation sites is 2. The van der Waals surface area contributed by atoms with Gasteiger partial charge in [0.2, 0.25) is 0 Å². The van der Waals surface area contributed by atoms with E-state index in [-0.39, 0.29) is 11.3 Å². The third-order valence-corrected chi connectivity index (χ3v) is 3.64. The molecule has 1 aromatic heterocycles. The van der Waals surface area contributed by atoms with E-state index >= 15 is 0 Å². The quantitative estimate of drug-likeness (QED) is 0.581. The minimum Gasteiger partial charge on any atom is -0.320 e. The van der Waals surface area contributed by atoms with Crippen molar-refractivity contribution < 1.29 is 9.72 Å². The maximum absolute atomic E-state index is 12.4. The van der Waals surface area contributed by atoms with Crippen LogP contribution in [0.3, 0.4) is 0 Å². The van der Waals surface area contributed by atoms with Gasteiger partial charge < -0.3 is 5.32 Å². The number of benzene rings is 2. The maximum Gasteiger partial charge on any atom is 0.282 e. The molecule has 1 amide bonds. The first-order valence-corrected chi connectivity index (χ1v) is 7.04. The van der Waals surface area contributed by atoms with Gasteiger partial charge in [0.1, 0.15) is 5.56 Å². The number of amides is 1. The van der Waals surface area contributed by atoms with Crippen LogP contribution in [0, 0.1) is 10.1 Å². The van der Waals surface area contributed by atoms with Gasteiger partial charge in [-0.2, -0.15) is 0 Å². The number of pyridine rings is 1. The van der Waals surface area contributed by atoms with Crippen LogP contribution in [0.15, 0.2) is 54.7 Å². The zero-order valence-electron chi connectivity index (χ0n) is 11.7. The molecule has 0 spiro atoms. The first kappa shape index (κ1) is 14.9. The number of anilines is 1. The van der Waals surface area contributed by atoms with Crippen LogP contribution in [0.2, 0.25) is 5.02 Å². The van der Waals surface area contributed by atoms with Crippen LogP contribution in [-0.4, -0.2) is 15.8 Å². The molecular weight excluding hydrogens is 318 g/mol. The van der Waals surface area contributed by atoms with Crippen molar-refractivity contribution in [2.75, 3.05) is 5.32 Å². The lowest BCUT2D eigenvalue weighted by Gasteiger charge is -2.09. The molecule has 0 aliphatic rings.